The topological polar surface area (TPSA) is 0 Å². The fourth-order valence-electron chi connectivity index (χ4n) is 4.48. The van der Waals surface area contributed by atoms with Gasteiger partial charge in [-0.15, -0.1) is 11.8 Å². The summed E-state index contributed by atoms with van der Waals surface area (Å²) in [5.41, 5.74) is 11.3. The van der Waals surface area contributed by atoms with Crippen LogP contribution < -0.4 is 0 Å². The van der Waals surface area contributed by atoms with Crippen molar-refractivity contribution in [3.8, 4) is 0 Å². The lowest BCUT2D eigenvalue weighted by Gasteiger charge is -2.18. The second-order valence-corrected chi connectivity index (χ2v) is 9.97. The van der Waals surface area contributed by atoms with E-state index in [1.165, 1.54) is 76.8 Å². The highest BCUT2D eigenvalue weighted by molar-refractivity contribution is 8.07. The molecule has 0 amide bonds. The van der Waals surface area contributed by atoms with Gasteiger partial charge in [-0.1, -0.05) is 68.3 Å². The third-order valence-corrected chi connectivity index (χ3v) is 7.58. The van der Waals surface area contributed by atoms with E-state index in [0.717, 1.165) is 6.42 Å². The third-order valence-electron chi connectivity index (χ3n) is 6.77. The van der Waals surface area contributed by atoms with Crippen LogP contribution in [0, 0.1) is 26.7 Å². The van der Waals surface area contributed by atoms with Gasteiger partial charge < -0.3 is 0 Å². The molecule has 0 heterocycles. The first-order chi connectivity index (χ1) is 14.4. The zero-order chi connectivity index (χ0) is 21.7. The molecule has 0 saturated heterocycles. The monoisotopic (exact) mass is 418 g/mol. The largest absolute Gasteiger partial charge is 0.129 e. The molecule has 0 N–H and O–H groups in total. The van der Waals surface area contributed by atoms with E-state index < -0.39 is 0 Å². The van der Waals surface area contributed by atoms with Gasteiger partial charge in [0.25, 0.3) is 0 Å². The van der Waals surface area contributed by atoms with Crippen LogP contribution in [0.3, 0.4) is 0 Å². The zero-order valence-corrected chi connectivity index (χ0v) is 20.4. The van der Waals surface area contributed by atoms with Gasteiger partial charge >= 0.3 is 0 Å². The predicted molar refractivity (Wildman–Crippen MR) is 136 cm³/mol. The maximum absolute atomic E-state index is 4.46. The highest BCUT2D eigenvalue weighted by Gasteiger charge is 2.13. The van der Waals surface area contributed by atoms with E-state index >= 15 is 0 Å². The Kier molecular flexibility index (Phi) is 8.06. The maximum atomic E-state index is 4.46. The van der Waals surface area contributed by atoms with Crippen LogP contribution in [0.5, 0.6) is 0 Å². The molecule has 0 nitrogen and oxygen atoms in total. The highest BCUT2D eigenvalue weighted by Crippen LogP contribution is 2.32. The molecule has 2 aromatic carbocycles. The Hall–Kier alpha value is -1.73. The number of hydrogen-bond acceptors (Lipinski definition) is 1. The van der Waals surface area contributed by atoms with E-state index in [4.69, 9.17) is 0 Å². The first-order valence-corrected chi connectivity index (χ1v) is 12.7. The summed E-state index contributed by atoms with van der Waals surface area (Å²) in [6.45, 7) is 13.4. The summed E-state index contributed by atoms with van der Waals surface area (Å²) < 4.78 is 0. The fourth-order valence-corrected chi connectivity index (χ4v) is 5.19. The number of allylic oxidation sites excluding steroid dienone is 2. The van der Waals surface area contributed by atoms with E-state index in [0.29, 0.717) is 5.92 Å². The molecule has 160 valence electrons. The van der Waals surface area contributed by atoms with E-state index in [-0.39, 0.29) is 0 Å². The molecule has 1 aliphatic rings. The molecule has 0 aromatic heterocycles. The van der Waals surface area contributed by atoms with Crippen molar-refractivity contribution in [2.24, 2.45) is 5.92 Å². The number of thioether (sulfide) groups is 1. The fraction of sp³-hybridized carbons (Fsp3) is 0.448. The molecule has 1 aliphatic carbocycles. The van der Waals surface area contributed by atoms with E-state index in [1.807, 2.05) is 11.8 Å². The molecule has 3 rings (SSSR count). The van der Waals surface area contributed by atoms with Gasteiger partial charge in [-0.3, -0.25) is 0 Å². The standard InChI is InChI=1S/C29H38S/c1-20-15-24(5)28(16-21(20)2)17-22(3)23(4)18-29(30-6)27-14-13-25-11-9-7-8-10-12-26(25)19-27/h13-16,18-19,23H,3,7-12,17H2,1-2,4-6H3/b29-18-. The first kappa shape index (κ1) is 22.9. The minimum Gasteiger partial charge on any atom is -0.129 e. The van der Waals surface area contributed by atoms with Gasteiger partial charge in [0.2, 0.25) is 0 Å². The van der Waals surface area contributed by atoms with Gasteiger partial charge in [-0.05, 0) is 104 Å². The van der Waals surface area contributed by atoms with Gasteiger partial charge in [-0.2, -0.15) is 0 Å². The van der Waals surface area contributed by atoms with Crippen molar-refractivity contribution in [2.75, 3.05) is 6.26 Å². The number of rotatable bonds is 6. The number of benzene rings is 2. The van der Waals surface area contributed by atoms with E-state index in [2.05, 4.69) is 76.9 Å². The van der Waals surface area contributed by atoms with Crippen molar-refractivity contribution in [2.45, 2.75) is 72.6 Å². The molecule has 30 heavy (non-hydrogen) atoms. The van der Waals surface area contributed by atoms with Crippen LogP contribution in [-0.4, -0.2) is 6.26 Å². The van der Waals surface area contributed by atoms with Crippen LogP contribution in [0.1, 0.15) is 71.6 Å². The second-order valence-electron chi connectivity index (χ2n) is 9.12. The molecule has 1 heteroatoms. The van der Waals surface area contributed by atoms with Crippen molar-refractivity contribution >= 4 is 16.7 Å². The van der Waals surface area contributed by atoms with Gasteiger partial charge in [-0.25, -0.2) is 0 Å². The average molecular weight is 419 g/mol. The quantitative estimate of drug-likeness (QED) is 0.424. The maximum Gasteiger partial charge on any atom is 0.0108 e. The summed E-state index contributed by atoms with van der Waals surface area (Å²) in [6, 6.07) is 11.8. The van der Waals surface area contributed by atoms with Crippen molar-refractivity contribution in [1.82, 2.24) is 0 Å². The average Bonchev–Trinajstić information content (AvgIpc) is 2.70. The summed E-state index contributed by atoms with van der Waals surface area (Å²) in [5, 5.41) is 0. The Morgan fingerprint density at radius 3 is 2.30 bits per heavy atom. The molecule has 0 radical (unpaired) electrons. The third kappa shape index (κ3) is 5.70. The molecule has 0 bridgehead atoms. The van der Waals surface area contributed by atoms with E-state index in [9.17, 15) is 0 Å². The molecule has 1 unspecified atom stereocenters. The van der Waals surface area contributed by atoms with E-state index in [1.54, 1.807) is 11.1 Å². The molecular formula is C29H38S. The van der Waals surface area contributed by atoms with Crippen LogP contribution in [0.2, 0.25) is 0 Å². The highest BCUT2D eigenvalue weighted by atomic mass is 32.2. The molecular weight excluding hydrogens is 380 g/mol. The Morgan fingerprint density at radius 2 is 1.60 bits per heavy atom. The summed E-state index contributed by atoms with van der Waals surface area (Å²) in [4.78, 5) is 1.38. The minimum absolute atomic E-state index is 0.357. The number of fused-ring (bicyclic) bond motifs is 1. The van der Waals surface area contributed by atoms with Crippen molar-refractivity contribution in [3.05, 3.63) is 87.5 Å². The molecule has 0 fully saturated rings. The summed E-state index contributed by atoms with van der Waals surface area (Å²) >= 11 is 1.86. The van der Waals surface area contributed by atoms with Crippen LogP contribution in [0.25, 0.3) is 4.91 Å². The first-order valence-electron chi connectivity index (χ1n) is 11.5. The van der Waals surface area contributed by atoms with Gasteiger partial charge in [0.15, 0.2) is 0 Å². The summed E-state index contributed by atoms with van der Waals surface area (Å²) in [6.07, 6.45) is 13.5. The SMILES string of the molecule is C=C(Cc1cc(C)c(C)cc1C)C(C)/C=C(\SC)c1ccc2c(c1)CCCCCC2. The zero-order valence-electron chi connectivity index (χ0n) is 19.6. The Bertz CT molecular complexity index is 932. The van der Waals surface area contributed by atoms with Crippen molar-refractivity contribution < 1.29 is 0 Å². The molecule has 0 aliphatic heterocycles. The summed E-state index contributed by atoms with van der Waals surface area (Å²) in [5.74, 6) is 0.357. The van der Waals surface area contributed by atoms with Gasteiger partial charge in [0, 0.05) is 4.91 Å². The predicted octanol–water partition coefficient (Wildman–Crippen LogP) is 8.41. The molecule has 0 spiro atoms. The smallest absolute Gasteiger partial charge is 0.0108 e. The second kappa shape index (κ2) is 10.5. The van der Waals surface area contributed by atoms with Crippen LogP contribution >= 0.6 is 11.8 Å². The lowest BCUT2D eigenvalue weighted by molar-refractivity contribution is 0.617. The molecule has 2 aromatic rings. The number of hydrogen-bond donors (Lipinski definition) is 0. The van der Waals surface area contributed by atoms with Crippen molar-refractivity contribution in [1.29, 1.82) is 0 Å². The summed E-state index contributed by atoms with van der Waals surface area (Å²) in [7, 11) is 0. The van der Waals surface area contributed by atoms with Crippen molar-refractivity contribution in [3.63, 3.8) is 0 Å². The Balaban J connectivity index is 1.79. The Labute approximate surface area is 188 Å². The van der Waals surface area contributed by atoms with Crippen LogP contribution in [-0.2, 0) is 19.3 Å². The Morgan fingerprint density at radius 1 is 0.933 bits per heavy atom. The number of aryl methyl sites for hydroxylation is 5. The lowest BCUT2D eigenvalue weighted by atomic mass is 9.90. The van der Waals surface area contributed by atoms with Gasteiger partial charge in [0.05, 0.1) is 0 Å². The van der Waals surface area contributed by atoms with Crippen LogP contribution in [0.4, 0.5) is 0 Å². The van der Waals surface area contributed by atoms with Crippen LogP contribution in [0.15, 0.2) is 48.6 Å². The lowest BCUT2D eigenvalue weighted by Crippen LogP contribution is -2.03. The minimum atomic E-state index is 0.357. The van der Waals surface area contributed by atoms with Gasteiger partial charge in [0.1, 0.15) is 0 Å². The normalized spacial score (nSPS) is 15.8. The molecule has 1 atom stereocenters. The molecule has 0 saturated carbocycles.